The lowest BCUT2D eigenvalue weighted by Gasteiger charge is -2.23. The van der Waals surface area contributed by atoms with Gasteiger partial charge in [0.15, 0.2) is 0 Å². The quantitative estimate of drug-likeness (QED) is 0.723. The number of aryl methyl sites for hydroxylation is 2. The zero-order valence-corrected chi connectivity index (χ0v) is 10.6. The maximum atomic E-state index is 8.77. The van der Waals surface area contributed by atoms with E-state index in [-0.39, 0.29) is 0 Å². The highest BCUT2D eigenvalue weighted by molar-refractivity contribution is 5.29. The van der Waals surface area contributed by atoms with Crippen LogP contribution in [0.4, 0.5) is 0 Å². The summed E-state index contributed by atoms with van der Waals surface area (Å²) >= 11 is 0. The van der Waals surface area contributed by atoms with Gasteiger partial charge in [0.05, 0.1) is 12.6 Å². The molecular weight excluding hydrogens is 196 g/mol. The molecule has 0 unspecified atom stereocenters. The third kappa shape index (κ3) is 3.36. The first-order chi connectivity index (χ1) is 7.54. The first-order valence-electron chi connectivity index (χ1n) is 5.71. The second kappa shape index (κ2) is 5.67. The average Bonchev–Trinajstić information content (AvgIpc) is 2.22. The van der Waals surface area contributed by atoms with Gasteiger partial charge in [0.1, 0.15) is 0 Å². The first kappa shape index (κ1) is 12.7. The van der Waals surface area contributed by atoms with Crippen molar-refractivity contribution >= 4 is 0 Å². The van der Waals surface area contributed by atoms with Crippen molar-refractivity contribution in [3.05, 3.63) is 34.9 Å². The number of benzene rings is 1. The van der Waals surface area contributed by atoms with Gasteiger partial charge < -0.3 is 0 Å². The van der Waals surface area contributed by atoms with E-state index in [4.69, 9.17) is 5.26 Å². The Kier molecular flexibility index (Phi) is 4.52. The Morgan fingerprint density at radius 1 is 1.25 bits per heavy atom. The van der Waals surface area contributed by atoms with Crippen LogP contribution in [-0.4, -0.2) is 17.5 Å². The zero-order valence-electron chi connectivity index (χ0n) is 10.6. The van der Waals surface area contributed by atoms with Gasteiger partial charge in [0.25, 0.3) is 0 Å². The summed E-state index contributed by atoms with van der Waals surface area (Å²) in [6.07, 6.45) is 0. The number of hydrogen-bond acceptors (Lipinski definition) is 2. The van der Waals surface area contributed by atoms with Gasteiger partial charge >= 0.3 is 0 Å². The highest BCUT2D eigenvalue weighted by Gasteiger charge is 2.09. The molecule has 1 rings (SSSR count). The van der Waals surface area contributed by atoms with E-state index in [1.165, 1.54) is 16.7 Å². The predicted octanol–water partition coefficient (Wildman–Crippen LogP) is 3.04. The van der Waals surface area contributed by atoms with Crippen LogP contribution in [0.15, 0.2) is 18.2 Å². The van der Waals surface area contributed by atoms with E-state index in [2.05, 4.69) is 56.9 Å². The predicted molar refractivity (Wildman–Crippen MR) is 67.1 cm³/mol. The Hall–Kier alpha value is -1.33. The second-order valence-electron chi connectivity index (χ2n) is 4.58. The summed E-state index contributed by atoms with van der Waals surface area (Å²) in [5.74, 6) is 0. The highest BCUT2D eigenvalue weighted by Crippen LogP contribution is 2.13. The molecule has 0 aliphatic carbocycles. The van der Waals surface area contributed by atoms with Gasteiger partial charge in [-0.2, -0.15) is 5.26 Å². The molecule has 1 aromatic carbocycles. The Labute approximate surface area is 98.5 Å². The van der Waals surface area contributed by atoms with Gasteiger partial charge in [-0.3, -0.25) is 4.90 Å². The van der Waals surface area contributed by atoms with Crippen molar-refractivity contribution in [1.82, 2.24) is 4.90 Å². The van der Waals surface area contributed by atoms with Crippen LogP contribution in [-0.2, 0) is 6.54 Å². The van der Waals surface area contributed by atoms with Gasteiger partial charge in [0, 0.05) is 12.6 Å². The van der Waals surface area contributed by atoms with Crippen molar-refractivity contribution in [3.63, 3.8) is 0 Å². The fraction of sp³-hybridized carbons (Fsp3) is 0.500. The van der Waals surface area contributed by atoms with E-state index >= 15 is 0 Å². The van der Waals surface area contributed by atoms with E-state index in [0.717, 1.165) is 6.54 Å². The molecule has 0 aliphatic heterocycles. The van der Waals surface area contributed by atoms with E-state index in [0.29, 0.717) is 12.6 Å². The molecule has 0 aromatic heterocycles. The van der Waals surface area contributed by atoms with Crippen molar-refractivity contribution in [3.8, 4) is 6.07 Å². The van der Waals surface area contributed by atoms with Crippen LogP contribution >= 0.6 is 0 Å². The monoisotopic (exact) mass is 216 g/mol. The summed E-state index contributed by atoms with van der Waals surface area (Å²) in [5, 5.41) is 8.77. The van der Waals surface area contributed by atoms with Crippen LogP contribution in [0.1, 0.15) is 30.5 Å². The Bertz CT molecular complexity index is 388. The normalized spacial score (nSPS) is 10.8. The molecule has 0 aliphatic rings. The van der Waals surface area contributed by atoms with Gasteiger partial charge in [0.2, 0.25) is 0 Å². The maximum absolute atomic E-state index is 8.77. The van der Waals surface area contributed by atoms with Gasteiger partial charge in [-0.05, 0) is 44.4 Å². The van der Waals surface area contributed by atoms with Crippen molar-refractivity contribution < 1.29 is 0 Å². The molecule has 0 atom stereocenters. The molecule has 0 saturated carbocycles. The Balaban J connectivity index is 2.78. The fourth-order valence-corrected chi connectivity index (χ4v) is 1.65. The summed E-state index contributed by atoms with van der Waals surface area (Å²) in [6, 6.07) is 9.13. The lowest BCUT2D eigenvalue weighted by molar-refractivity contribution is 0.240. The van der Waals surface area contributed by atoms with E-state index in [1.54, 1.807) is 0 Å². The molecule has 16 heavy (non-hydrogen) atoms. The SMILES string of the molecule is Cc1ccc(CN(CC#N)C(C)C)cc1C. The zero-order chi connectivity index (χ0) is 12.1. The lowest BCUT2D eigenvalue weighted by atomic mass is 10.1. The summed E-state index contributed by atoms with van der Waals surface area (Å²) in [4.78, 5) is 2.17. The van der Waals surface area contributed by atoms with E-state index in [1.807, 2.05) is 0 Å². The number of nitrogens with zero attached hydrogens (tertiary/aromatic N) is 2. The van der Waals surface area contributed by atoms with Crippen molar-refractivity contribution in [1.29, 1.82) is 5.26 Å². The lowest BCUT2D eigenvalue weighted by Crippen LogP contribution is -2.30. The average molecular weight is 216 g/mol. The molecule has 0 heterocycles. The standard InChI is InChI=1S/C14H20N2/c1-11(2)16(8-7-15)10-14-6-5-12(3)13(4)9-14/h5-6,9,11H,8,10H2,1-4H3. The largest absolute Gasteiger partial charge is 0.284 e. The van der Waals surface area contributed by atoms with E-state index < -0.39 is 0 Å². The minimum absolute atomic E-state index is 0.404. The summed E-state index contributed by atoms with van der Waals surface area (Å²) in [5.41, 5.74) is 3.92. The molecule has 2 nitrogen and oxygen atoms in total. The molecular formula is C14H20N2. The van der Waals surface area contributed by atoms with Crippen molar-refractivity contribution in [2.24, 2.45) is 0 Å². The van der Waals surface area contributed by atoms with Crippen molar-refractivity contribution in [2.45, 2.75) is 40.3 Å². The minimum Gasteiger partial charge on any atom is -0.284 e. The van der Waals surface area contributed by atoms with Crippen LogP contribution in [0.25, 0.3) is 0 Å². The fourth-order valence-electron chi connectivity index (χ4n) is 1.65. The van der Waals surface area contributed by atoms with E-state index in [9.17, 15) is 0 Å². The molecule has 0 spiro atoms. The van der Waals surface area contributed by atoms with Crippen LogP contribution in [0, 0.1) is 25.2 Å². The Morgan fingerprint density at radius 3 is 2.44 bits per heavy atom. The maximum Gasteiger partial charge on any atom is 0.0871 e. The second-order valence-corrected chi connectivity index (χ2v) is 4.58. The molecule has 0 radical (unpaired) electrons. The molecule has 0 N–H and O–H groups in total. The third-order valence-corrected chi connectivity index (χ3v) is 2.96. The molecule has 2 heteroatoms. The molecule has 0 saturated heterocycles. The van der Waals surface area contributed by atoms with Crippen LogP contribution in [0.5, 0.6) is 0 Å². The van der Waals surface area contributed by atoms with Gasteiger partial charge in [-0.1, -0.05) is 18.2 Å². The smallest absolute Gasteiger partial charge is 0.0871 e. The van der Waals surface area contributed by atoms with Crippen LogP contribution in [0.2, 0.25) is 0 Å². The summed E-state index contributed by atoms with van der Waals surface area (Å²) in [6.45, 7) is 9.84. The van der Waals surface area contributed by atoms with Crippen molar-refractivity contribution in [2.75, 3.05) is 6.54 Å². The molecule has 0 fully saturated rings. The number of hydrogen-bond donors (Lipinski definition) is 0. The topological polar surface area (TPSA) is 27.0 Å². The van der Waals surface area contributed by atoms with Crippen LogP contribution < -0.4 is 0 Å². The molecule has 0 bridgehead atoms. The number of rotatable bonds is 4. The molecule has 0 amide bonds. The number of nitriles is 1. The molecule has 1 aromatic rings. The van der Waals surface area contributed by atoms with Crippen LogP contribution in [0.3, 0.4) is 0 Å². The summed E-state index contributed by atoms with van der Waals surface area (Å²) < 4.78 is 0. The summed E-state index contributed by atoms with van der Waals surface area (Å²) in [7, 11) is 0. The van der Waals surface area contributed by atoms with Gasteiger partial charge in [-0.25, -0.2) is 0 Å². The Morgan fingerprint density at radius 2 is 1.94 bits per heavy atom. The first-order valence-corrected chi connectivity index (χ1v) is 5.71. The van der Waals surface area contributed by atoms with Gasteiger partial charge in [-0.15, -0.1) is 0 Å². The minimum atomic E-state index is 0.404. The highest BCUT2D eigenvalue weighted by atomic mass is 15.1. The third-order valence-electron chi connectivity index (χ3n) is 2.96. The molecule has 86 valence electrons.